The van der Waals surface area contributed by atoms with E-state index in [-0.39, 0.29) is 17.6 Å². The maximum atomic E-state index is 12.2. The number of rotatable bonds is 8. The molecule has 2 amide bonds. The summed E-state index contributed by atoms with van der Waals surface area (Å²) in [7, 11) is 0. The van der Waals surface area contributed by atoms with Gasteiger partial charge in [0.2, 0.25) is 11.8 Å². The normalized spacial score (nSPS) is 10.6. The molecule has 0 unspecified atom stereocenters. The highest BCUT2D eigenvalue weighted by atomic mass is 32.2. The summed E-state index contributed by atoms with van der Waals surface area (Å²) in [6.45, 7) is 4.49. The predicted molar refractivity (Wildman–Crippen MR) is 107 cm³/mol. The average molecular weight is 399 g/mol. The molecule has 0 aliphatic rings. The molecule has 0 atom stereocenters. The molecule has 0 saturated carbocycles. The molecule has 146 valence electrons. The Morgan fingerprint density at radius 3 is 2.79 bits per heavy atom. The first-order valence-electron chi connectivity index (χ1n) is 8.80. The van der Waals surface area contributed by atoms with Crippen LogP contribution in [0.15, 0.2) is 52.2 Å². The van der Waals surface area contributed by atoms with Gasteiger partial charge in [-0.15, -0.1) is 10.2 Å². The summed E-state index contributed by atoms with van der Waals surface area (Å²) in [6.07, 6.45) is 1.59. The van der Waals surface area contributed by atoms with Gasteiger partial charge in [-0.05, 0) is 36.8 Å². The van der Waals surface area contributed by atoms with Gasteiger partial charge in [-0.25, -0.2) is 0 Å². The molecule has 0 saturated heterocycles. The Morgan fingerprint density at radius 2 is 2.07 bits per heavy atom. The molecule has 0 aliphatic carbocycles. The number of nitrogens with zero attached hydrogens (tertiary/aromatic N) is 3. The number of thioether (sulfide) groups is 1. The van der Waals surface area contributed by atoms with Gasteiger partial charge in [0.15, 0.2) is 16.7 Å². The van der Waals surface area contributed by atoms with E-state index in [0.717, 1.165) is 5.56 Å². The van der Waals surface area contributed by atoms with Gasteiger partial charge >= 0.3 is 0 Å². The second-order valence-electron chi connectivity index (χ2n) is 5.97. The lowest BCUT2D eigenvalue weighted by Crippen LogP contribution is -2.24. The van der Waals surface area contributed by atoms with Gasteiger partial charge in [0.1, 0.15) is 0 Å². The van der Waals surface area contributed by atoms with E-state index in [0.29, 0.717) is 35.5 Å². The Labute approximate surface area is 166 Å². The lowest BCUT2D eigenvalue weighted by atomic mass is 10.2. The van der Waals surface area contributed by atoms with E-state index in [2.05, 4.69) is 20.8 Å². The van der Waals surface area contributed by atoms with E-state index >= 15 is 0 Å². The van der Waals surface area contributed by atoms with E-state index in [4.69, 9.17) is 4.42 Å². The minimum Gasteiger partial charge on any atom is -0.461 e. The van der Waals surface area contributed by atoms with Gasteiger partial charge in [0.25, 0.3) is 0 Å². The predicted octanol–water partition coefficient (Wildman–Crippen LogP) is 2.92. The van der Waals surface area contributed by atoms with Crippen LogP contribution < -0.4 is 10.6 Å². The summed E-state index contributed by atoms with van der Waals surface area (Å²) in [6, 6.07) is 11.0. The number of hydrogen-bond acceptors (Lipinski definition) is 6. The van der Waals surface area contributed by atoms with Crippen molar-refractivity contribution in [2.45, 2.75) is 32.1 Å². The standard InChI is InChI=1S/C19H21N5O3S/c1-3-24-18(16-8-5-9-27-16)22-23-19(24)28-12-17(26)20-11-14-6-4-7-15(10-14)21-13(2)25/h4-10H,3,11-12H2,1-2H3,(H,20,26)(H,21,25). The SMILES string of the molecule is CCn1c(SCC(=O)NCc2cccc(NC(C)=O)c2)nnc1-c1ccco1. The van der Waals surface area contributed by atoms with Crippen molar-refractivity contribution >= 4 is 29.3 Å². The van der Waals surface area contributed by atoms with Gasteiger partial charge in [-0.3, -0.25) is 14.2 Å². The average Bonchev–Trinajstić information content (AvgIpc) is 3.33. The monoisotopic (exact) mass is 399 g/mol. The van der Waals surface area contributed by atoms with Crippen molar-refractivity contribution in [3.8, 4) is 11.6 Å². The molecule has 1 aromatic carbocycles. The Balaban J connectivity index is 1.54. The zero-order valence-electron chi connectivity index (χ0n) is 15.6. The molecule has 8 nitrogen and oxygen atoms in total. The fourth-order valence-corrected chi connectivity index (χ4v) is 3.44. The third-order valence-corrected chi connectivity index (χ3v) is 4.81. The van der Waals surface area contributed by atoms with E-state index in [9.17, 15) is 9.59 Å². The van der Waals surface area contributed by atoms with Crippen molar-refractivity contribution in [2.24, 2.45) is 0 Å². The van der Waals surface area contributed by atoms with Crippen molar-refractivity contribution in [3.05, 3.63) is 48.2 Å². The number of amides is 2. The topological polar surface area (TPSA) is 102 Å². The van der Waals surface area contributed by atoms with Gasteiger partial charge in [-0.2, -0.15) is 0 Å². The summed E-state index contributed by atoms with van der Waals surface area (Å²) >= 11 is 1.32. The molecule has 9 heteroatoms. The van der Waals surface area contributed by atoms with Gasteiger partial charge < -0.3 is 15.1 Å². The largest absolute Gasteiger partial charge is 0.461 e. The number of aromatic nitrogens is 3. The van der Waals surface area contributed by atoms with E-state index in [1.807, 2.05) is 35.8 Å². The summed E-state index contributed by atoms with van der Waals surface area (Å²) in [5.74, 6) is 1.27. The maximum Gasteiger partial charge on any atom is 0.230 e. The number of carbonyl (C=O) groups is 2. The highest BCUT2D eigenvalue weighted by Crippen LogP contribution is 2.24. The molecule has 3 aromatic rings. The Kier molecular flexibility index (Phi) is 6.49. The molecule has 2 heterocycles. The van der Waals surface area contributed by atoms with Crippen molar-refractivity contribution < 1.29 is 14.0 Å². The quantitative estimate of drug-likeness (QED) is 0.565. The molecular formula is C19H21N5O3S. The zero-order valence-corrected chi connectivity index (χ0v) is 16.5. The van der Waals surface area contributed by atoms with Gasteiger partial charge in [0, 0.05) is 25.7 Å². The summed E-state index contributed by atoms with van der Waals surface area (Å²) < 4.78 is 7.29. The van der Waals surface area contributed by atoms with Crippen molar-refractivity contribution in [2.75, 3.05) is 11.1 Å². The summed E-state index contributed by atoms with van der Waals surface area (Å²) in [4.78, 5) is 23.3. The minimum absolute atomic E-state index is 0.111. The summed E-state index contributed by atoms with van der Waals surface area (Å²) in [5.41, 5.74) is 1.61. The molecule has 28 heavy (non-hydrogen) atoms. The molecule has 0 fully saturated rings. The fraction of sp³-hybridized carbons (Fsp3) is 0.263. The zero-order chi connectivity index (χ0) is 19.9. The molecule has 2 N–H and O–H groups in total. The third-order valence-electron chi connectivity index (χ3n) is 3.84. The van der Waals surface area contributed by atoms with Crippen LogP contribution in [-0.2, 0) is 22.7 Å². The number of carbonyl (C=O) groups excluding carboxylic acids is 2. The number of furan rings is 1. The first-order valence-corrected chi connectivity index (χ1v) is 9.78. The second-order valence-corrected chi connectivity index (χ2v) is 6.92. The minimum atomic E-state index is -0.133. The Morgan fingerprint density at radius 1 is 1.21 bits per heavy atom. The number of benzene rings is 1. The molecule has 0 spiro atoms. The first-order chi connectivity index (χ1) is 13.6. The highest BCUT2D eigenvalue weighted by Gasteiger charge is 2.16. The lowest BCUT2D eigenvalue weighted by Gasteiger charge is -2.08. The van der Waals surface area contributed by atoms with Crippen LogP contribution in [0.3, 0.4) is 0 Å². The van der Waals surface area contributed by atoms with Crippen molar-refractivity contribution in [3.63, 3.8) is 0 Å². The maximum absolute atomic E-state index is 12.2. The van der Waals surface area contributed by atoms with Crippen LogP contribution in [0.25, 0.3) is 11.6 Å². The molecule has 3 rings (SSSR count). The van der Waals surface area contributed by atoms with Gasteiger partial charge in [-0.1, -0.05) is 23.9 Å². The van der Waals surface area contributed by atoms with Gasteiger partial charge in [0.05, 0.1) is 12.0 Å². The molecular weight excluding hydrogens is 378 g/mol. The molecule has 0 aliphatic heterocycles. The van der Waals surface area contributed by atoms with Crippen molar-refractivity contribution in [1.82, 2.24) is 20.1 Å². The second kappa shape index (κ2) is 9.23. The van der Waals surface area contributed by atoms with E-state index in [1.54, 1.807) is 18.4 Å². The van der Waals surface area contributed by atoms with Crippen LogP contribution >= 0.6 is 11.8 Å². The molecule has 2 aromatic heterocycles. The van der Waals surface area contributed by atoms with Crippen LogP contribution in [0, 0.1) is 0 Å². The molecule has 0 bridgehead atoms. The van der Waals surface area contributed by atoms with Crippen LogP contribution in [-0.4, -0.2) is 32.3 Å². The summed E-state index contributed by atoms with van der Waals surface area (Å²) in [5, 5.41) is 14.6. The van der Waals surface area contributed by atoms with E-state index in [1.165, 1.54) is 18.7 Å². The Hall–Kier alpha value is -3.07. The first kappa shape index (κ1) is 19.7. The van der Waals surface area contributed by atoms with Crippen LogP contribution in [0.4, 0.5) is 5.69 Å². The Bertz CT molecular complexity index is 952. The number of nitrogens with one attached hydrogen (secondary N) is 2. The lowest BCUT2D eigenvalue weighted by molar-refractivity contribution is -0.118. The third kappa shape index (κ3) is 5.01. The number of hydrogen-bond donors (Lipinski definition) is 2. The van der Waals surface area contributed by atoms with Crippen LogP contribution in [0.5, 0.6) is 0 Å². The van der Waals surface area contributed by atoms with Crippen LogP contribution in [0.2, 0.25) is 0 Å². The smallest absolute Gasteiger partial charge is 0.230 e. The van der Waals surface area contributed by atoms with Crippen molar-refractivity contribution in [1.29, 1.82) is 0 Å². The van der Waals surface area contributed by atoms with Crippen LogP contribution in [0.1, 0.15) is 19.4 Å². The van der Waals surface area contributed by atoms with E-state index < -0.39 is 0 Å². The number of anilines is 1. The molecule has 0 radical (unpaired) electrons. The fourth-order valence-electron chi connectivity index (χ4n) is 2.61. The highest BCUT2D eigenvalue weighted by molar-refractivity contribution is 7.99.